The Morgan fingerprint density at radius 2 is 2.00 bits per heavy atom. The summed E-state index contributed by atoms with van der Waals surface area (Å²) in [5, 5.41) is 7.93. The van der Waals surface area contributed by atoms with E-state index in [1.807, 2.05) is 0 Å². The summed E-state index contributed by atoms with van der Waals surface area (Å²) in [5.74, 6) is 0. The van der Waals surface area contributed by atoms with Gasteiger partial charge < -0.3 is 10.8 Å². The van der Waals surface area contributed by atoms with Gasteiger partial charge in [-0.3, -0.25) is 4.55 Å². The zero-order chi connectivity index (χ0) is 10.7. The van der Waals surface area contributed by atoms with E-state index in [4.69, 9.17) is 15.4 Å². The third-order valence-corrected chi connectivity index (χ3v) is 1.35. The van der Waals surface area contributed by atoms with Crippen LogP contribution in [-0.4, -0.2) is 37.8 Å². The molecule has 0 fully saturated rings. The summed E-state index contributed by atoms with van der Waals surface area (Å²) < 4.78 is 30.7. The zero-order valence-corrected chi connectivity index (χ0v) is 8.46. The standard InChI is InChI=1S/C4H11N.C2H6O5S/c1-2-3-4-5;3-1-2-7-8(4,5)6/h2-5H2,1H3;3H,1-2H2,(H,4,5,6). The van der Waals surface area contributed by atoms with Crippen LogP contribution in [0.25, 0.3) is 0 Å². The summed E-state index contributed by atoms with van der Waals surface area (Å²) in [6.07, 6.45) is 2.39. The molecule has 4 N–H and O–H groups in total. The first-order valence-electron chi connectivity index (χ1n) is 3.90. The molecule has 13 heavy (non-hydrogen) atoms. The average molecular weight is 215 g/mol. The number of hydrogen-bond donors (Lipinski definition) is 3. The van der Waals surface area contributed by atoms with Crippen molar-refractivity contribution in [2.45, 2.75) is 19.8 Å². The summed E-state index contributed by atoms with van der Waals surface area (Å²) in [4.78, 5) is 0. The molecule has 6 nitrogen and oxygen atoms in total. The van der Waals surface area contributed by atoms with Gasteiger partial charge in [0.2, 0.25) is 0 Å². The van der Waals surface area contributed by atoms with Crippen molar-refractivity contribution in [2.75, 3.05) is 19.8 Å². The van der Waals surface area contributed by atoms with Gasteiger partial charge in [-0.15, -0.1) is 0 Å². The Balaban J connectivity index is 0. The van der Waals surface area contributed by atoms with E-state index in [1.54, 1.807) is 0 Å². The van der Waals surface area contributed by atoms with Crippen molar-refractivity contribution in [1.82, 2.24) is 0 Å². The maximum atomic E-state index is 9.61. The molecule has 82 valence electrons. The quantitative estimate of drug-likeness (QED) is 0.535. The number of rotatable bonds is 5. The molecule has 0 aromatic rings. The lowest BCUT2D eigenvalue weighted by Crippen LogP contribution is -2.06. The Hall–Kier alpha value is -0.210. The highest BCUT2D eigenvalue weighted by Crippen LogP contribution is 1.82. The molecule has 0 heterocycles. The third-order valence-electron chi connectivity index (χ3n) is 0.881. The van der Waals surface area contributed by atoms with E-state index in [9.17, 15) is 8.42 Å². The smallest absolute Gasteiger partial charge is 0.394 e. The van der Waals surface area contributed by atoms with Gasteiger partial charge in [0.25, 0.3) is 0 Å². The predicted molar refractivity (Wildman–Crippen MR) is 48.5 cm³/mol. The van der Waals surface area contributed by atoms with Gasteiger partial charge in [-0.1, -0.05) is 13.3 Å². The predicted octanol–water partition coefficient (Wildman–Crippen LogP) is -0.457. The lowest BCUT2D eigenvalue weighted by molar-refractivity contribution is 0.188. The van der Waals surface area contributed by atoms with E-state index in [1.165, 1.54) is 12.8 Å². The molecule has 0 saturated carbocycles. The summed E-state index contributed by atoms with van der Waals surface area (Å²) >= 11 is 0. The van der Waals surface area contributed by atoms with Crippen LogP contribution in [-0.2, 0) is 14.6 Å². The van der Waals surface area contributed by atoms with Crippen LogP contribution < -0.4 is 5.73 Å². The van der Waals surface area contributed by atoms with Gasteiger partial charge in [-0.05, 0) is 13.0 Å². The molecule has 0 radical (unpaired) electrons. The third kappa shape index (κ3) is 24.5. The van der Waals surface area contributed by atoms with Gasteiger partial charge in [0.1, 0.15) is 0 Å². The molecule has 0 atom stereocenters. The molecule has 0 aliphatic rings. The van der Waals surface area contributed by atoms with Gasteiger partial charge in [0, 0.05) is 0 Å². The van der Waals surface area contributed by atoms with E-state index in [0.717, 1.165) is 6.54 Å². The van der Waals surface area contributed by atoms with Crippen molar-refractivity contribution in [3.8, 4) is 0 Å². The second-order valence-corrected chi connectivity index (χ2v) is 3.21. The van der Waals surface area contributed by atoms with Crippen molar-refractivity contribution < 1.29 is 22.3 Å². The van der Waals surface area contributed by atoms with Crippen LogP contribution in [0.2, 0.25) is 0 Å². The summed E-state index contributed by atoms with van der Waals surface area (Å²) in [6, 6.07) is 0. The molecule has 0 aromatic heterocycles. The van der Waals surface area contributed by atoms with Crippen LogP contribution in [0.15, 0.2) is 0 Å². The van der Waals surface area contributed by atoms with Crippen molar-refractivity contribution in [2.24, 2.45) is 5.73 Å². The SMILES string of the molecule is CCCCN.O=S(=O)(O)OCCO. The fraction of sp³-hybridized carbons (Fsp3) is 1.00. The average Bonchev–Trinajstić information content (AvgIpc) is 2.02. The minimum absolute atomic E-state index is 0.404. The molecule has 0 aromatic carbocycles. The van der Waals surface area contributed by atoms with Crippen LogP contribution >= 0.6 is 0 Å². The molecule has 0 unspecified atom stereocenters. The Bertz CT molecular complexity index is 177. The first kappa shape index (κ1) is 15.3. The van der Waals surface area contributed by atoms with Crippen molar-refractivity contribution in [3.63, 3.8) is 0 Å². The molecule has 0 aliphatic carbocycles. The second-order valence-electron chi connectivity index (χ2n) is 2.12. The lowest BCUT2D eigenvalue weighted by atomic mass is 10.3. The number of hydrogen-bond acceptors (Lipinski definition) is 5. The number of nitrogens with two attached hydrogens (primary N) is 1. The maximum Gasteiger partial charge on any atom is 0.397 e. The maximum absolute atomic E-state index is 9.61. The van der Waals surface area contributed by atoms with Gasteiger partial charge >= 0.3 is 10.4 Å². The van der Waals surface area contributed by atoms with E-state index in [0.29, 0.717) is 0 Å². The first-order valence-corrected chi connectivity index (χ1v) is 5.27. The number of aliphatic hydroxyl groups excluding tert-OH is 1. The van der Waals surface area contributed by atoms with Crippen molar-refractivity contribution >= 4 is 10.4 Å². The van der Waals surface area contributed by atoms with Gasteiger partial charge in [0.05, 0.1) is 13.2 Å². The molecular formula is C6H17NO5S. The Morgan fingerprint density at radius 3 is 2.08 bits per heavy atom. The fourth-order valence-electron chi connectivity index (χ4n) is 0.347. The van der Waals surface area contributed by atoms with Crippen molar-refractivity contribution in [3.05, 3.63) is 0 Å². The van der Waals surface area contributed by atoms with Crippen LogP contribution in [0.4, 0.5) is 0 Å². The lowest BCUT2D eigenvalue weighted by Gasteiger charge is -1.92. The summed E-state index contributed by atoms with van der Waals surface area (Å²) in [7, 11) is -4.35. The molecule has 7 heteroatoms. The summed E-state index contributed by atoms with van der Waals surface area (Å²) in [6.45, 7) is 2.14. The molecule has 0 amide bonds. The minimum Gasteiger partial charge on any atom is -0.394 e. The first-order chi connectivity index (χ1) is 5.97. The molecular weight excluding hydrogens is 198 g/mol. The highest BCUT2D eigenvalue weighted by Gasteiger charge is 2.00. The molecule has 0 aliphatic heterocycles. The van der Waals surface area contributed by atoms with Crippen LogP contribution in [0.5, 0.6) is 0 Å². The van der Waals surface area contributed by atoms with E-state index < -0.39 is 23.6 Å². The highest BCUT2D eigenvalue weighted by molar-refractivity contribution is 7.80. The van der Waals surface area contributed by atoms with Crippen molar-refractivity contribution in [1.29, 1.82) is 0 Å². The van der Waals surface area contributed by atoms with E-state index in [2.05, 4.69) is 11.1 Å². The van der Waals surface area contributed by atoms with Crippen LogP contribution in [0.1, 0.15) is 19.8 Å². The number of aliphatic hydroxyl groups is 1. The van der Waals surface area contributed by atoms with E-state index in [-0.39, 0.29) is 0 Å². The zero-order valence-electron chi connectivity index (χ0n) is 7.64. The molecule has 0 bridgehead atoms. The van der Waals surface area contributed by atoms with Crippen LogP contribution in [0, 0.1) is 0 Å². The van der Waals surface area contributed by atoms with Crippen LogP contribution in [0.3, 0.4) is 0 Å². The Kier molecular flexibility index (Phi) is 11.6. The Morgan fingerprint density at radius 1 is 1.46 bits per heavy atom. The topological polar surface area (TPSA) is 110 Å². The number of unbranched alkanes of at least 4 members (excludes halogenated alkanes) is 1. The van der Waals surface area contributed by atoms with Gasteiger partial charge in [-0.2, -0.15) is 8.42 Å². The fourth-order valence-corrected chi connectivity index (χ4v) is 0.632. The molecule has 0 rings (SSSR count). The monoisotopic (exact) mass is 215 g/mol. The second kappa shape index (κ2) is 9.87. The molecule has 0 spiro atoms. The largest absolute Gasteiger partial charge is 0.397 e. The van der Waals surface area contributed by atoms with E-state index >= 15 is 0 Å². The minimum atomic E-state index is -4.35. The van der Waals surface area contributed by atoms with Gasteiger partial charge in [-0.25, -0.2) is 4.18 Å². The summed E-state index contributed by atoms with van der Waals surface area (Å²) in [5.41, 5.74) is 5.14. The normalized spacial score (nSPS) is 10.5. The molecule has 0 saturated heterocycles. The Labute approximate surface area is 78.7 Å². The van der Waals surface area contributed by atoms with Gasteiger partial charge in [0.15, 0.2) is 0 Å². The highest BCUT2D eigenvalue weighted by atomic mass is 32.3.